The van der Waals surface area contributed by atoms with E-state index in [-0.39, 0.29) is 12.6 Å². The maximum absolute atomic E-state index is 11.7. The highest BCUT2D eigenvalue weighted by atomic mass is 32.2. The van der Waals surface area contributed by atoms with Crippen LogP contribution >= 0.6 is 0 Å². The van der Waals surface area contributed by atoms with Gasteiger partial charge in [0.05, 0.1) is 12.8 Å². The lowest BCUT2D eigenvalue weighted by molar-refractivity contribution is -0.115. The quantitative estimate of drug-likeness (QED) is 0.717. The topological polar surface area (TPSA) is 87.3 Å². The fourth-order valence-electron chi connectivity index (χ4n) is 2.13. The van der Waals surface area contributed by atoms with Crippen molar-refractivity contribution in [2.75, 3.05) is 23.4 Å². The number of benzene rings is 2. The number of carbonyl (C=O) groups is 1. The van der Waals surface area contributed by atoms with E-state index in [0.29, 0.717) is 5.69 Å². The first-order valence-electron chi connectivity index (χ1n) is 7.49. The van der Waals surface area contributed by atoms with Gasteiger partial charge in [0.25, 0.3) is 0 Å². The van der Waals surface area contributed by atoms with E-state index in [0.717, 1.165) is 11.9 Å². The fraction of sp³-hybridized carbons (Fsp3) is 0.235. The summed E-state index contributed by atoms with van der Waals surface area (Å²) in [4.78, 5) is 11.7. The molecule has 0 spiro atoms. The molecule has 1 atom stereocenters. The summed E-state index contributed by atoms with van der Waals surface area (Å²) in [6, 6.07) is 17.5. The molecular formula is C17H21N3O3S. The van der Waals surface area contributed by atoms with Crippen molar-refractivity contribution in [1.29, 1.82) is 0 Å². The van der Waals surface area contributed by atoms with Gasteiger partial charge >= 0.3 is 0 Å². The first kappa shape index (κ1) is 18.0. The van der Waals surface area contributed by atoms with E-state index in [4.69, 9.17) is 0 Å². The van der Waals surface area contributed by atoms with Crippen molar-refractivity contribution >= 4 is 27.3 Å². The van der Waals surface area contributed by atoms with Gasteiger partial charge in [-0.05, 0) is 36.8 Å². The largest absolute Gasteiger partial charge is 0.379 e. The molecule has 2 rings (SSSR count). The Balaban J connectivity index is 1.90. The fourth-order valence-corrected chi connectivity index (χ4v) is 2.52. The van der Waals surface area contributed by atoms with E-state index in [1.807, 2.05) is 30.3 Å². The van der Waals surface area contributed by atoms with Crippen LogP contribution < -0.4 is 15.4 Å². The van der Waals surface area contributed by atoms with Crippen LogP contribution in [0.4, 0.5) is 11.4 Å². The first-order valence-corrected chi connectivity index (χ1v) is 9.39. The molecule has 0 heterocycles. The Morgan fingerprint density at radius 2 is 1.58 bits per heavy atom. The molecule has 24 heavy (non-hydrogen) atoms. The molecule has 0 aromatic heterocycles. The van der Waals surface area contributed by atoms with Crippen LogP contribution in [-0.4, -0.2) is 27.1 Å². The van der Waals surface area contributed by atoms with Gasteiger partial charge in [-0.3, -0.25) is 4.79 Å². The summed E-state index contributed by atoms with van der Waals surface area (Å²) >= 11 is 0. The number of hydrogen-bond acceptors (Lipinski definition) is 4. The number of nitrogens with one attached hydrogen (secondary N) is 3. The second kappa shape index (κ2) is 7.94. The Morgan fingerprint density at radius 3 is 2.17 bits per heavy atom. The maximum Gasteiger partial charge on any atom is 0.239 e. The minimum Gasteiger partial charge on any atom is -0.379 e. The summed E-state index contributed by atoms with van der Waals surface area (Å²) in [5.41, 5.74) is 2.72. The summed E-state index contributed by atoms with van der Waals surface area (Å²) in [6.07, 6.45) is 1.01. The highest BCUT2D eigenvalue weighted by Gasteiger charge is 2.07. The highest BCUT2D eigenvalue weighted by Crippen LogP contribution is 2.20. The molecule has 2 aromatic carbocycles. The summed E-state index contributed by atoms with van der Waals surface area (Å²) in [6.45, 7) is 1.78. The van der Waals surface area contributed by atoms with Gasteiger partial charge in [0, 0.05) is 17.4 Å². The van der Waals surface area contributed by atoms with Crippen LogP contribution in [0.1, 0.15) is 18.5 Å². The Hall–Kier alpha value is -2.38. The number of sulfonamides is 1. The van der Waals surface area contributed by atoms with Crippen molar-refractivity contribution in [1.82, 2.24) is 4.72 Å². The zero-order valence-electron chi connectivity index (χ0n) is 13.6. The standard InChI is InChI=1S/C17H21N3O3S/c1-13(14-6-4-3-5-7-14)19-15-8-10-16(11-9-15)20-17(21)12-18-24(2,22)23/h3-11,13,18-19H,12H2,1-2H3,(H,20,21)/t13-/m1/s1. The van der Waals surface area contributed by atoms with E-state index in [9.17, 15) is 13.2 Å². The van der Waals surface area contributed by atoms with Crippen LogP contribution in [0.15, 0.2) is 54.6 Å². The highest BCUT2D eigenvalue weighted by molar-refractivity contribution is 7.88. The van der Waals surface area contributed by atoms with Gasteiger partial charge in [-0.2, -0.15) is 0 Å². The molecule has 0 saturated carbocycles. The Bertz CT molecular complexity index is 774. The molecule has 6 nitrogen and oxygen atoms in total. The van der Waals surface area contributed by atoms with Crippen molar-refractivity contribution < 1.29 is 13.2 Å². The zero-order chi connectivity index (χ0) is 17.6. The predicted octanol–water partition coefficient (Wildman–Crippen LogP) is 2.35. The Labute approximate surface area is 142 Å². The summed E-state index contributed by atoms with van der Waals surface area (Å²) < 4.78 is 24.1. The minimum absolute atomic E-state index is 0.158. The van der Waals surface area contributed by atoms with E-state index < -0.39 is 15.9 Å². The van der Waals surface area contributed by atoms with E-state index in [1.165, 1.54) is 5.56 Å². The molecule has 0 fully saturated rings. The molecule has 3 N–H and O–H groups in total. The van der Waals surface area contributed by atoms with Gasteiger partial charge in [-0.15, -0.1) is 0 Å². The SMILES string of the molecule is C[C@@H](Nc1ccc(NC(=O)CNS(C)(=O)=O)cc1)c1ccccc1. The third-order valence-electron chi connectivity index (χ3n) is 3.35. The molecule has 0 bridgehead atoms. The summed E-state index contributed by atoms with van der Waals surface area (Å²) in [5, 5.41) is 6.01. The molecule has 2 aromatic rings. The molecule has 0 unspecified atom stereocenters. The maximum atomic E-state index is 11.7. The molecule has 128 valence electrons. The van der Waals surface area contributed by atoms with Crippen molar-refractivity contribution in [3.63, 3.8) is 0 Å². The molecule has 0 aliphatic rings. The zero-order valence-corrected chi connectivity index (χ0v) is 14.4. The molecule has 1 amide bonds. The second-order valence-corrected chi connectivity index (χ2v) is 7.33. The van der Waals surface area contributed by atoms with Crippen LogP contribution in [0.2, 0.25) is 0 Å². The van der Waals surface area contributed by atoms with Crippen LogP contribution in [0.5, 0.6) is 0 Å². The molecule has 0 aliphatic heterocycles. The third kappa shape index (κ3) is 6.02. The Kier molecular flexibility index (Phi) is 5.94. The van der Waals surface area contributed by atoms with E-state index in [1.54, 1.807) is 12.1 Å². The smallest absolute Gasteiger partial charge is 0.239 e. The molecule has 0 saturated heterocycles. The number of amides is 1. The third-order valence-corrected chi connectivity index (χ3v) is 4.02. The molecular weight excluding hydrogens is 326 g/mol. The number of carbonyl (C=O) groups excluding carboxylic acids is 1. The molecule has 7 heteroatoms. The van der Waals surface area contributed by atoms with Crippen LogP contribution in [-0.2, 0) is 14.8 Å². The van der Waals surface area contributed by atoms with E-state index in [2.05, 4.69) is 34.4 Å². The van der Waals surface area contributed by atoms with Gasteiger partial charge in [0.2, 0.25) is 15.9 Å². The van der Waals surface area contributed by atoms with Crippen molar-refractivity contribution in [2.45, 2.75) is 13.0 Å². The van der Waals surface area contributed by atoms with Gasteiger partial charge in [-0.1, -0.05) is 30.3 Å². The number of anilines is 2. The van der Waals surface area contributed by atoms with Crippen molar-refractivity contribution in [3.8, 4) is 0 Å². The lowest BCUT2D eigenvalue weighted by Gasteiger charge is -2.16. The molecule has 0 aliphatic carbocycles. The van der Waals surface area contributed by atoms with Gasteiger partial charge in [0.1, 0.15) is 0 Å². The van der Waals surface area contributed by atoms with Crippen LogP contribution in [0.25, 0.3) is 0 Å². The lowest BCUT2D eigenvalue weighted by atomic mass is 10.1. The van der Waals surface area contributed by atoms with Gasteiger partial charge < -0.3 is 10.6 Å². The first-order chi connectivity index (χ1) is 11.3. The summed E-state index contributed by atoms with van der Waals surface area (Å²) in [7, 11) is -3.38. The molecule has 0 radical (unpaired) electrons. The average Bonchev–Trinajstić information content (AvgIpc) is 2.55. The minimum atomic E-state index is -3.38. The number of hydrogen-bond donors (Lipinski definition) is 3. The Morgan fingerprint density at radius 1 is 1.00 bits per heavy atom. The second-order valence-electron chi connectivity index (χ2n) is 5.50. The summed E-state index contributed by atoms with van der Waals surface area (Å²) in [5.74, 6) is -0.418. The van der Waals surface area contributed by atoms with Crippen molar-refractivity contribution in [2.24, 2.45) is 0 Å². The predicted molar refractivity (Wildman–Crippen MR) is 96.4 cm³/mol. The monoisotopic (exact) mass is 347 g/mol. The lowest BCUT2D eigenvalue weighted by Crippen LogP contribution is -2.32. The normalized spacial score (nSPS) is 12.4. The van der Waals surface area contributed by atoms with Gasteiger partial charge in [-0.25, -0.2) is 13.1 Å². The van der Waals surface area contributed by atoms with Crippen LogP contribution in [0, 0.1) is 0 Å². The average molecular weight is 347 g/mol. The van der Waals surface area contributed by atoms with Crippen molar-refractivity contribution in [3.05, 3.63) is 60.2 Å². The van der Waals surface area contributed by atoms with E-state index >= 15 is 0 Å². The number of rotatable bonds is 7. The van der Waals surface area contributed by atoms with Gasteiger partial charge in [0.15, 0.2) is 0 Å². The van der Waals surface area contributed by atoms with Crippen LogP contribution in [0.3, 0.4) is 0 Å².